The highest BCUT2D eigenvalue weighted by molar-refractivity contribution is 6.24. The lowest BCUT2D eigenvalue weighted by atomic mass is 9.52. The number of hydrogen-bond acceptors (Lipinski definition) is 7. The fourth-order valence-corrected chi connectivity index (χ4v) is 8.06. The Labute approximate surface area is 267 Å². The smallest absolute Gasteiger partial charge is 0.303 e. The first-order valence-electron chi connectivity index (χ1n) is 15.8. The molecule has 2 aliphatic heterocycles. The van der Waals surface area contributed by atoms with E-state index in [2.05, 4.69) is 0 Å². The van der Waals surface area contributed by atoms with Crippen LogP contribution in [0.2, 0.25) is 0 Å². The molecule has 2 heterocycles. The summed E-state index contributed by atoms with van der Waals surface area (Å²) in [6, 6.07) is 13.8. The second-order valence-corrected chi connectivity index (χ2v) is 12.9. The number of anilines is 1. The van der Waals surface area contributed by atoms with Crippen molar-refractivity contribution < 1.29 is 38.9 Å². The molecular formula is C36H38N2O8. The van der Waals surface area contributed by atoms with Crippen LogP contribution in [0.15, 0.2) is 66.3 Å². The number of rotatable bonds is 10. The van der Waals surface area contributed by atoms with Crippen molar-refractivity contribution in [2.75, 3.05) is 18.6 Å². The second-order valence-electron chi connectivity index (χ2n) is 12.9. The van der Waals surface area contributed by atoms with E-state index in [0.29, 0.717) is 37.1 Å². The number of methoxy groups -OCH3 is 1. The summed E-state index contributed by atoms with van der Waals surface area (Å²) in [5.41, 5.74) is 0.983. The molecule has 0 bridgehead atoms. The highest BCUT2D eigenvalue weighted by Gasteiger charge is 2.66. The number of unbranched alkanes of at least 4 members (excludes halogenated alkanes) is 2. The molecular weight excluding hydrogens is 588 g/mol. The van der Waals surface area contributed by atoms with Crippen molar-refractivity contribution in [2.45, 2.75) is 45.4 Å². The Kier molecular flexibility index (Phi) is 8.31. The van der Waals surface area contributed by atoms with E-state index >= 15 is 0 Å². The molecule has 4 aliphatic rings. The average molecular weight is 627 g/mol. The topological polar surface area (TPSA) is 142 Å². The number of benzene rings is 2. The van der Waals surface area contributed by atoms with Crippen LogP contribution in [-0.2, 0) is 24.0 Å². The van der Waals surface area contributed by atoms with Gasteiger partial charge in [-0.25, -0.2) is 4.90 Å². The molecule has 0 radical (unpaired) electrons. The number of carboxylic acid groups (broad SMARTS) is 1. The van der Waals surface area contributed by atoms with E-state index in [9.17, 15) is 29.1 Å². The molecule has 4 amide bonds. The summed E-state index contributed by atoms with van der Waals surface area (Å²) in [5.74, 6) is -4.47. The monoisotopic (exact) mass is 626 g/mol. The van der Waals surface area contributed by atoms with E-state index in [1.807, 2.05) is 31.2 Å². The van der Waals surface area contributed by atoms with Gasteiger partial charge in [-0.1, -0.05) is 54.5 Å². The van der Waals surface area contributed by atoms with Crippen LogP contribution in [0, 0.1) is 35.0 Å². The number of ether oxygens (including phenoxy) is 1. The number of carbonyl (C=O) groups is 5. The molecule has 10 nitrogen and oxygen atoms in total. The van der Waals surface area contributed by atoms with Crippen LogP contribution in [0.4, 0.5) is 5.69 Å². The van der Waals surface area contributed by atoms with E-state index < -0.39 is 41.0 Å². The Bertz CT molecular complexity index is 1650. The van der Waals surface area contributed by atoms with E-state index in [1.54, 1.807) is 36.4 Å². The third kappa shape index (κ3) is 5.09. The molecule has 1 saturated carbocycles. The van der Waals surface area contributed by atoms with E-state index in [0.717, 1.165) is 11.1 Å². The van der Waals surface area contributed by atoms with Crippen molar-refractivity contribution >= 4 is 41.4 Å². The quantitative estimate of drug-likeness (QED) is 0.217. The third-order valence-corrected chi connectivity index (χ3v) is 10.4. The van der Waals surface area contributed by atoms with E-state index in [4.69, 9.17) is 9.84 Å². The summed E-state index contributed by atoms with van der Waals surface area (Å²) >= 11 is 0. The van der Waals surface area contributed by atoms with Gasteiger partial charge in [-0.3, -0.25) is 28.9 Å². The molecule has 6 rings (SSSR count). The first-order chi connectivity index (χ1) is 22.1. The lowest BCUT2D eigenvalue weighted by Crippen LogP contribution is -2.49. The number of nitrogens with zero attached hydrogens (tertiary/aromatic N) is 2. The number of para-hydroxylation sites is 1. The van der Waals surface area contributed by atoms with Gasteiger partial charge in [-0.15, -0.1) is 0 Å². The first kappa shape index (κ1) is 31.3. The van der Waals surface area contributed by atoms with Gasteiger partial charge in [0.05, 0.1) is 36.0 Å². The van der Waals surface area contributed by atoms with Crippen molar-refractivity contribution in [1.82, 2.24) is 4.90 Å². The molecule has 2 aromatic carbocycles. The highest BCUT2D eigenvalue weighted by Crippen LogP contribution is 2.61. The van der Waals surface area contributed by atoms with Crippen molar-refractivity contribution in [2.24, 2.45) is 35.0 Å². The Balaban J connectivity index is 1.36. The van der Waals surface area contributed by atoms with Crippen molar-refractivity contribution in [3.05, 3.63) is 71.8 Å². The summed E-state index contributed by atoms with van der Waals surface area (Å²) in [7, 11) is 1.46. The maximum absolute atomic E-state index is 14.3. The number of carboxylic acids is 1. The van der Waals surface area contributed by atoms with Crippen LogP contribution < -0.4 is 9.64 Å². The predicted octanol–water partition coefficient (Wildman–Crippen LogP) is 4.82. The van der Waals surface area contributed by atoms with Gasteiger partial charge in [0, 0.05) is 18.9 Å². The Morgan fingerprint density at radius 1 is 1.00 bits per heavy atom. The summed E-state index contributed by atoms with van der Waals surface area (Å²) < 4.78 is 5.28. The molecule has 10 heteroatoms. The zero-order valence-corrected chi connectivity index (χ0v) is 25.9. The largest absolute Gasteiger partial charge is 0.504 e. The standard InChI is InChI=1S/C36H38N2O8/c1-36-26(16-12-21-13-17-28(39)29(19-21)46-2)23-14-15-24-31(34(44)37(32(24)42)18-8-4-7-11-30(40)41)25(23)20-27(36)33(43)38(35(36)45)22-9-5-3-6-10-22/h3,5-6,9-10,12-14,16-17,19,24-27,31,39H,4,7-8,11,15,18,20H2,1-2H3,(H,40,41). The summed E-state index contributed by atoms with van der Waals surface area (Å²) in [6.45, 7) is 2.07. The number of aromatic hydroxyl groups is 1. The highest BCUT2D eigenvalue weighted by atomic mass is 16.5. The molecule has 2 aliphatic carbocycles. The van der Waals surface area contributed by atoms with Gasteiger partial charge in [0.15, 0.2) is 11.5 Å². The molecule has 3 fully saturated rings. The normalized spacial score (nSPS) is 28.7. The fraction of sp³-hybridized carbons (Fsp3) is 0.417. The molecule has 240 valence electrons. The van der Waals surface area contributed by atoms with Crippen LogP contribution >= 0.6 is 0 Å². The molecule has 46 heavy (non-hydrogen) atoms. The number of hydrogen-bond donors (Lipinski definition) is 2. The molecule has 6 atom stereocenters. The van der Waals surface area contributed by atoms with Crippen LogP contribution in [0.25, 0.3) is 6.08 Å². The van der Waals surface area contributed by atoms with Gasteiger partial charge in [0.25, 0.3) is 0 Å². The van der Waals surface area contributed by atoms with Gasteiger partial charge >= 0.3 is 5.97 Å². The minimum atomic E-state index is -1.13. The minimum absolute atomic E-state index is 0.00337. The number of allylic oxidation sites excluding steroid dienone is 3. The maximum atomic E-state index is 14.3. The zero-order valence-electron chi connectivity index (χ0n) is 25.9. The number of phenols is 1. The Hall–Kier alpha value is -4.73. The number of likely N-dealkylation sites (tertiary alicyclic amines) is 1. The lowest BCUT2D eigenvalue weighted by Gasteiger charge is -2.47. The van der Waals surface area contributed by atoms with Crippen molar-refractivity contribution in [1.29, 1.82) is 0 Å². The molecule has 6 unspecified atom stereocenters. The Morgan fingerprint density at radius 3 is 2.48 bits per heavy atom. The number of fused-ring (bicyclic) bond motifs is 4. The SMILES string of the molecule is COc1cc(C=CC2C3=CCC4C(=O)N(CCCCCC(=O)O)C(=O)C4C3CC3C(=O)N(c4ccccc4)C(=O)C23C)ccc1O. The van der Waals surface area contributed by atoms with Gasteiger partial charge in [0.2, 0.25) is 23.6 Å². The average Bonchev–Trinajstić information content (AvgIpc) is 3.40. The fourth-order valence-electron chi connectivity index (χ4n) is 8.06. The molecule has 2 saturated heterocycles. The van der Waals surface area contributed by atoms with Crippen LogP contribution in [0.3, 0.4) is 0 Å². The first-order valence-corrected chi connectivity index (χ1v) is 15.8. The van der Waals surface area contributed by atoms with Crippen LogP contribution in [-0.4, -0.2) is 58.4 Å². The number of phenolic OH excluding ortho intramolecular Hbond substituents is 1. The molecule has 2 aromatic rings. The third-order valence-electron chi connectivity index (χ3n) is 10.4. The maximum Gasteiger partial charge on any atom is 0.303 e. The van der Waals surface area contributed by atoms with Crippen molar-refractivity contribution in [3.8, 4) is 11.5 Å². The lowest BCUT2D eigenvalue weighted by molar-refractivity contribution is -0.141. The summed E-state index contributed by atoms with van der Waals surface area (Å²) in [6.07, 6.45) is 8.03. The van der Waals surface area contributed by atoms with Crippen LogP contribution in [0.5, 0.6) is 11.5 Å². The van der Waals surface area contributed by atoms with E-state index in [-0.39, 0.29) is 48.8 Å². The molecule has 0 spiro atoms. The molecule has 0 aromatic heterocycles. The van der Waals surface area contributed by atoms with Gasteiger partial charge < -0.3 is 14.9 Å². The van der Waals surface area contributed by atoms with Gasteiger partial charge in [-0.05, 0) is 68.4 Å². The summed E-state index contributed by atoms with van der Waals surface area (Å²) in [5, 5.41) is 19.0. The van der Waals surface area contributed by atoms with Gasteiger partial charge in [0.1, 0.15) is 0 Å². The second kappa shape index (κ2) is 12.2. The van der Waals surface area contributed by atoms with Gasteiger partial charge in [-0.2, -0.15) is 0 Å². The number of amides is 4. The van der Waals surface area contributed by atoms with Crippen molar-refractivity contribution in [3.63, 3.8) is 0 Å². The number of imide groups is 2. The number of aliphatic carboxylic acids is 1. The Morgan fingerprint density at radius 2 is 1.76 bits per heavy atom. The predicted molar refractivity (Wildman–Crippen MR) is 168 cm³/mol. The zero-order chi connectivity index (χ0) is 32.7. The van der Waals surface area contributed by atoms with Crippen LogP contribution in [0.1, 0.15) is 51.0 Å². The van der Waals surface area contributed by atoms with E-state index in [1.165, 1.54) is 23.0 Å². The number of carbonyl (C=O) groups excluding carboxylic acids is 4. The minimum Gasteiger partial charge on any atom is -0.504 e. The molecule has 2 N–H and O–H groups in total. The summed E-state index contributed by atoms with van der Waals surface area (Å²) in [4.78, 5) is 69.4.